The molecule has 0 bridgehead atoms. The molecule has 0 aromatic carbocycles. The van der Waals surface area contributed by atoms with Crippen molar-refractivity contribution in [2.24, 2.45) is 0 Å². The van der Waals surface area contributed by atoms with Gasteiger partial charge in [0.15, 0.2) is 0 Å². The van der Waals surface area contributed by atoms with Crippen LogP contribution in [0.25, 0.3) is 66.8 Å². The Morgan fingerprint density at radius 2 is 0.333 bits per heavy atom. The Kier molecular flexibility index (Phi) is 9.22. The van der Waals surface area contributed by atoms with Gasteiger partial charge < -0.3 is 0 Å². The van der Waals surface area contributed by atoms with E-state index in [1.165, 1.54) is 111 Å². The molecule has 0 unspecified atom stereocenters. The van der Waals surface area contributed by atoms with Gasteiger partial charge in [0.2, 0.25) is 0 Å². The second kappa shape index (κ2) is 13.9. The largest absolute Gasteiger partial charge is 0.0579 e. The van der Waals surface area contributed by atoms with Crippen LogP contribution in [0, 0.1) is 0 Å². The Bertz CT molecular complexity index is 2470. The van der Waals surface area contributed by atoms with Gasteiger partial charge >= 0.3 is 0 Å². The summed E-state index contributed by atoms with van der Waals surface area (Å²) in [5, 5.41) is 0. The monoisotopic (exact) mass is 780 g/mol. The van der Waals surface area contributed by atoms with Crippen molar-refractivity contribution in [3.8, 4) is 44.5 Å². The lowest BCUT2D eigenvalue weighted by molar-refractivity contribution is 0.590. The standard InChI is InChI=1S/C60H60/c1-57(2,3)41-21-13-37-17-29-49(45(37)33-25-41)53-54(50-30-18-38-14-22-42(58(4,5)6)26-34-46(38)50)56(52-32-20-40-16-24-44(60(10,11)12)28-36-48(40)52)55(53)51-31-19-39-15-23-43(59(7,8)9)27-35-47(39)51/h13-36H,1-12H3. The highest BCUT2D eigenvalue weighted by Gasteiger charge is 2.39. The number of hydrogen-bond acceptors (Lipinski definition) is 0. The number of hydrogen-bond donors (Lipinski definition) is 0. The van der Waals surface area contributed by atoms with E-state index in [-0.39, 0.29) is 21.7 Å². The Balaban J connectivity index is 1.38. The molecule has 0 spiro atoms. The van der Waals surface area contributed by atoms with Crippen LogP contribution in [0.3, 0.4) is 0 Å². The van der Waals surface area contributed by atoms with Crippen molar-refractivity contribution >= 4 is 22.3 Å². The molecule has 0 amide bonds. The van der Waals surface area contributed by atoms with E-state index in [0.29, 0.717) is 0 Å². The molecule has 300 valence electrons. The van der Waals surface area contributed by atoms with Crippen molar-refractivity contribution in [1.82, 2.24) is 0 Å². The summed E-state index contributed by atoms with van der Waals surface area (Å²) < 4.78 is 0. The predicted molar refractivity (Wildman–Crippen MR) is 261 cm³/mol. The minimum Gasteiger partial charge on any atom is -0.0579 e. The topological polar surface area (TPSA) is 0 Å². The molecule has 0 aliphatic heterocycles. The highest BCUT2D eigenvalue weighted by atomic mass is 14.4. The van der Waals surface area contributed by atoms with E-state index in [0.717, 1.165) is 0 Å². The van der Waals surface area contributed by atoms with Gasteiger partial charge in [0.05, 0.1) is 0 Å². The molecule has 0 saturated heterocycles. The zero-order valence-corrected chi connectivity index (χ0v) is 37.9. The zero-order chi connectivity index (χ0) is 42.5. The average molecular weight is 781 g/mol. The fraction of sp³-hybridized carbons (Fsp3) is 0.267. The Morgan fingerprint density at radius 3 is 0.517 bits per heavy atom. The van der Waals surface area contributed by atoms with E-state index in [2.05, 4.69) is 229 Å². The highest BCUT2D eigenvalue weighted by molar-refractivity contribution is 6.46. The van der Waals surface area contributed by atoms with E-state index < -0.39 is 0 Å². The number of fused-ring (bicyclic) bond motifs is 4. The third-order valence-corrected chi connectivity index (χ3v) is 13.2. The van der Waals surface area contributed by atoms with Gasteiger partial charge in [-0.1, -0.05) is 229 Å². The molecule has 9 rings (SSSR count). The summed E-state index contributed by atoms with van der Waals surface area (Å²) >= 11 is 0. The summed E-state index contributed by atoms with van der Waals surface area (Å²) in [6.45, 7) is 27.7. The van der Waals surface area contributed by atoms with Crippen molar-refractivity contribution in [2.75, 3.05) is 0 Å². The molecule has 0 nitrogen and oxygen atoms in total. The molecule has 0 N–H and O–H groups in total. The molecule has 9 aliphatic carbocycles. The molecule has 60 heavy (non-hydrogen) atoms. The predicted octanol–water partition coefficient (Wildman–Crippen LogP) is 16.8. The first kappa shape index (κ1) is 39.7. The molecule has 0 radical (unpaired) electrons. The van der Waals surface area contributed by atoms with E-state index >= 15 is 0 Å². The van der Waals surface area contributed by atoms with Crippen LogP contribution in [-0.2, 0) is 21.7 Å². The van der Waals surface area contributed by atoms with E-state index in [1.807, 2.05) is 0 Å². The maximum Gasteiger partial charge on any atom is -0.000718 e. The molecule has 0 atom stereocenters. The fourth-order valence-corrected chi connectivity index (χ4v) is 9.38. The minimum absolute atomic E-state index is 0.0445. The van der Waals surface area contributed by atoms with Gasteiger partial charge in [-0.3, -0.25) is 0 Å². The van der Waals surface area contributed by atoms with Crippen LogP contribution in [0.2, 0.25) is 0 Å². The number of allylic oxidation sites excluding steroid dienone is 4. The van der Waals surface area contributed by atoms with Crippen LogP contribution in [0.15, 0.2) is 146 Å². The maximum absolute atomic E-state index is 2.39. The smallest absolute Gasteiger partial charge is 0.000718 e. The quantitative estimate of drug-likeness (QED) is 0.167. The molecule has 0 aromatic rings. The van der Waals surface area contributed by atoms with Crippen molar-refractivity contribution < 1.29 is 0 Å². The average Bonchev–Trinajstić information content (AvgIpc) is 3.74. The molecule has 0 saturated carbocycles. The third-order valence-electron chi connectivity index (χ3n) is 13.2. The molecular formula is C60H60. The molecule has 0 aromatic heterocycles. The third kappa shape index (κ3) is 6.79. The van der Waals surface area contributed by atoms with Gasteiger partial charge in [-0.05, 0) is 133 Å². The first-order valence-corrected chi connectivity index (χ1v) is 21.9. The lowest BCUT2D eigenvalue weighted by atomic mass is 9.68. The molecular weight excluding hydrogens is 721 g/mol. The lowest BCUT2D eigenvalue weighted by Crippen LogP contribution is -2.11. The van der Waals surface area contributed by atoms with Gasteiger partial charge in [0.25, 0.3) is 0 Å². The van der Waals surface area contributed by atoms with Gasteiger partial charge in [-0.15, -0.1) is 0 Å². The molecule has 9 aliphatic rings. The van der Waals surface area contributed by atoms with Crippen molar-refractivity contribution in [3.05, 3.63) is 190 Å². The minimum atomic E-state index is 0.0445. The summed E-state index contributed by atoms with van der Waals surface area (Å²) in [6.07, 6.45) is 0. The first-order chi connectivity index (χ1) is 28.3. The zero-order valence-electron chi connectivity index (χ0n) is 37.9. The molecule has 0 fully saturated rings. The van der Waals surface area contributed by atoms with Crippen molar-refractivity contribution in [2.45, 2.75) is 105 Å². The summed E-state index contributed by atoms with van der Waals surface area (Å²) in [5.74, 6) is 0. The van der Waals surface area contributed by atoms with Gasteiger partial charge in [0.1, 0.15) is 0 Å². The second-order valence-corrected chi connectivity index (χ2v) is 21.5. The van der Waals surface area contributed by atoms with Crippen LogP contribution >= 0.6 is 0 Å². The van der Waals surface area contributed by atoms with Crippen LogP contribution in [0.4, 0.5) is 0 Å². The fourth-order valence-electron chi connectivity index (χ4n) is 9.38. The first-order valence-electron chi connectivity index (χ1n) is 21.9. The maximum atomic E-state index is 2.39. The van der Waals surface area contributed by atoms with Crippen molar-refractivity contribution in [1.29, 1.82) is 0 Å². The van der Waals surface area contributed by atoms with Gasteiger partial charge in [-0.25, -0.2) is 0 Å². The Labute approximate surface area is 360 Å². The van der Waals surface area contributed by atoms with Gasteiger partial charge in [-0.2, -0.15) is 0 Å². The van der Waals surface area contributed by atoms with E-state index in [1.54, 1.807) is 0 Å². The lowest BCUT2D eigenvalue weighted by Gasteiger charge is -2.34. The highest BCUT2D eigenvalue weighted by Crippen LogP contribution is 2.62. The second-order valence-electron chi connectivity index (χ2n) is 21.5. The van der Waals surface area contributed by atoms with E-state index in [9.17, 15) is 0 Å². The van der Waals surface area contributed by atoms with Crippen LogP contribution in [0.5, 0.6) is 0 Å². The normalized spacial score (nSPS) is 14.2. The molecule has 0 heterocycles. The Hall–Kier alpha value is -5.72. The number of rotatable bonds is 4. The van der Waals surface area contributed by atoms with Crippen LogP contribution in [0.1, 0.15) is 128 Å². The Morgan fingerprint density at radius 1 is 0.183 bits per heavy atom. The van der Waals surface area contributed by atoms with Crippen molar-refractivity contribution in [3.63, 3.8) is 0 Å². The summed E-state index contributed by atoms with van der Waals surface area (Å²) in [7, 11) is 0. The van der Waals surface area contributed by atoms with Gasteiger partial charge in [0, 0.05) is 0 Å². The summed E-state index contributed by atoms with van der Waals surface area (Å²) in [6, 6.07) is 56.4. The SMILES string of the molecule is CC(C)(C)c1ccc2ccc(C3=C(c4ccc5ccc(C(C)(C)C)ccc4-5)C(c4ccc5ccc(C(C)(C)C)ccc4-5)=C3c3ccc4ccc(C(C)(C)C)ccc3-4)c-2cc1. The summed E-state index contributed by atoms with van der Waals surface area (Å²) in [4.78, 5) is 0. The van der Waals surface area contributed by atoms with E-state index in [4.69, 9.17) is 0 Å². The van der Waals surface area contributed by atoms with Crippen LogP contribution in [-0.4, -0.2) is 0 Å². The van der Waals surface area contributed by atoms with Crippen LogP contribution < -0.4 is 0 Å². The summed E-state index contributed by atoms with van der Waals surface area (Å²) in [5.41, 5.74) is 26.2. The molecule has 0 heteroatoms.